The van der Waals surface area contributed by atoms with Crippen LogP contribution in [0.4, 0.5) is 4.39 Å². The summed E-state index contributed by atoms with van der Waals surface area (Å²) in [6, 6.07) is 5.88. The van der Waals surface area contributed by atoms with E-state index in [1.54, 1.807) is 19.1 Å². The van der Waals surface area contributed by atoms with Gasteiger partial charge in [0.15, 0.2) is 0 Å². The molecule has 1 N–H and O–H groups in total. The van der Waals surface area contributed by atoms with Crippen molar-refractivity contribution in [2.45, 2.75) is 33.1 Å². The molecule has 1 aromatic rings. The van der Waals surface area contributed by atoms with Gasteiger partial charge in [0.2, 0.25) is 5.91 Å². The van der Waals surface area contributed by atoms with Crippen LogP contribution in [0.2, 0.25) is 0 Å². The Balaban J connectivity index is 2.52. The molecule has 1 amide bonds. The number of benzene rings is 1. The third-order valence-corrected chi connectivity index (χ3v) is 3.65. The van der Waals surface area contributed by atoms with E-state index in [1.807, 2.05) is 13.8 Å². The maximum Gasteiger partial charge on any atom is 0.336 e. The zero-order chi connectivity index (χ0) is 16.3. The second kappa shape index (κ2) is 6.73. The van der Waals surface area contributed by atoms with Crippen molar-refractivity contribution in [3.8, 4) is 0 Å². The predicted molar refractivity (Wildman–Crippen MR) is 80.4 cm³/mol. The van der Waals surface area contributed by atoms with Crippen molar-refractivity contribution in [1.82, 2.24) is 5.32 Å². The number of amides is 1. The van der Waals surface area contributed by atoms with Crippen molar-refractivity contribution in [2.75, 3.05) is 6.61 Å². The molecule has 1 atom stereocenters. The van der Waals surface area contributed by atoms with E-state index in [0.717, 1.165) is 5.56 Å². The molecule has 0 aromatic heterocycles. The number of esters is 1. The summed E-state index contributed by atoms with van der Waals surface area (Å²) in [6.45, 7) is 5.81. The molecular formula is C17H20FNO3. The smallest absolute Gasteiger partial charge is 0.336 e. The van der Waals surface area contributed by atoms with Gasteiger partial charge in [-0.2, -0.15) is 0 Å². The van der Waals surface area contributed by atoms with Gasteiger partial charge in [-0.1, -0.05) is 26.0 Å². The number of nitrogens with one attached hydrogen (secondary N) is 1. The molecule has 1 unspecified atom stereocenters. The maximum absolute atomic E-state index is 13.1. The quantitative estimate of drug-likeness (QED) is 0.870. The summed E-state index contributed by atoms with van der Waals surface area (Å²) in [5.41, 5.74) is 1.78. The van der Waals surface area contributed by atoms with Crippen molar-refractivity contribution >= 4 is 11.9 Å². The number of carbonyl (C=O) groups is 2. The van der Waals surface area contributed by atoms with Crippen LogP contribution < -0.4 is 5.32 Å². The van der Waals surface area contributed by atoms with Crippen LogP contribution in [-0.4, -0.2) is 18.5 Å². The number of hydrogen-bond donors (Lipinski definition) is 1. The van der Waals surface area contributed by atoms with Gasteiger partial charge in [0.05, 0.1) is 12.2 Å². The van der Waals surface area contributed by atoms with Gasteiger partial charge in [-0.25, -0.2) is 9.18 Å². The minimum absolute atomic E-state index is 0.0217. The first-order valence-corrected chi connectivity index (χ1v) is 7.40. The topological polar surface area (TPSA) is 55.4 Å². The second-order valence-electron chi connectivity index (χ2n) is 5.56. The molecule has 0 fully saturated rings. The second-order valence-corrected chi connectivity index (χ2v) is 5.56. The van der Waals surface area contributed by atoms with Crippen LogP contribution in [0.5, 0.6) is 0 Å². The summed E-state index contributed by atoms with van der Waals surface area (Å²) < 4.78 is 18.3. The van der Waals surface area contributed by atoms with Crippen molar-refractivity contribution in [3.05, 3.63) is 46.9 Å². The highest BCUT2D eigenvalue weighted by atomic mass is 19.1. The van der Waals surface area contributed by atoms with Crippen LogP contribution in [0.15, 0.2) is 35.5 Å². The summed E-state index contributed by atoms with van der Waals surface area (Å²) in [7, 11) is 0. The molecule has 2 rings (SSSR count). The largest absolute Gasteiger partial charge is 0.463 e. The van der Waals surface area contributed by atoms with Gasteiger partial charge in [-0.15, -0.1) is 0 Å². The number of ether oxygens (including phenoxy) is 1. The first-order chi connectivity index (χ1) is 10.4. The number of hydrogen-bond acceptors (Lipinski definition) is 3. The molecule has 118 valence electrons. The zero-order valence-corrected chi connectivity index (χ0v) is 13.0. The summed E-state index contributed by atoms with van der Waals surface area (Å²) in [6.07, 6.45) is 0.149. The van der Waals surface area contributed by atoms with E-state index in [9.17, 15) is 14.0 Å². The van der Waals surface area contributed by atoms with Crippen molar-refractivity contribution in [3.63, 3.8) is 0 Å². The molecule has 1 heterocycles. The SMILES string of the molecule is CCOC(=O)C1=C(C(C)C)NC(=O)CC1c1ccc(F)cc1. The predicted octanol–water partition coefficient (Wildman–Crippen LogP) is 2.90. The Kier molecular flexibility index (Phi) is 4.96. The first-order valence-electron chi connectivity index (χ1n) is 7.40. The Morgan fingerprint density at radius 2 is 2.00 bits per heavy atom. The Bertz CT molecular complexity index is 605. The monoisotopic (exact) mass is 305 g/mol. The highest BCUT2D eigenvalue weighted by molar-refractivity contribution is 5.96. The minimum atomic E-state index is -0.430. The number of rotatable bonds is 4. The molecule has 0 saturated heterocycles. The standard InChI is InChI=1S/C17H20FNO3/c1-4-22-17(21)15-13(11-5-7-12(18)8-6-11)9-14(20)19-16(15)10(2)3/h5-8,10,13H,4,9H2,1-3H3,(H,19,20). The molecule has 5 heteroatoms. The molecule has 0 aliphatic carbocycles. The van der Waals surface area contributed by atoms with Crippen LogP contribution in [0.1, 0.15) is 38.7 Å². The Morgan fingerprint density at radius 1 is 1.36 bits per heavy atom. The van der Waals surface area contributed by atoms with Crippen LogP contribution in [0, 0.1) is 11.7 Å². The Morgan fingerprint density at radius 3 is 2.55 bits per heavy atom. The molecule has 0 spiro atoms. The molecule has 1 aromatic carbocycles. The summed E-state index contributed by atoms with van der Waals surface area (Å²) in [4.78, 5) is 24.3. The van der Waals surface area contributed by atoms with Crippen LogP contribution in [-0.2, 0) is 14.3 Å². The van der Waals surface area contributed by atoms with E-state index in [4.69, 9.17) is 4.74 Å². The van der Waals surface area contributed by atoms with Gasteiger partial charge < -0.3 is 10.1 Å². The van der Waals surface area contributed by atoms with E-state index in [2.05, 4.69) is 5.32 Å². The summed E-state index contributed by atoms with van der Waals surface area (Å²) in [5.74, 6) is -1.36. The number of halogens is 1. The number of carbonyl (C=O) groups excluding carboxylic acids is 2. The fourth-order valence-corrected chi connectivity index (χ4v) is 2.64. The summed E-state index contributed by atoms with van der Waals surface area (Å²) in [5, 5.41) is 2.78. The van der Waals surface area contributed by atoms with Gasteiger partial charge in [0, 0.05) is 18.0 Å². The van der Waals surface area contributed by atoms with Crippen LogP contribution in [0.3, 0.4) is 0 Å². The fraction of sp³-hybridized carbons (Fsp3) is 0.412. The lowest BCUT2D eigenvalue weighted by Crippen LogP contribution is -2.37. The molecule has 0 saturated carbocycles. The molecule has 1 aliphatic rings. The van der Waals surface area contributed by atoms with E-state index in [0.29, 0.717) is 11.3 Å². The molecule has 1 aliphatic heterocycles. The van der Waals surface area contributed by atoms with Crippen molar-refractivity contribution in [1.29, 1.82) is 0 Å². The first kappa shape index (κ1) is 16.2. The van der Waals surface area contributed by atoms with Gasteiger partial charge in [-0.05, 0) is 30.5 Å². The highest BCUT2D eigenvalue weighted by Crippen LogP contribution is 2.35. The van der Waals surface area contributed by atoms with Crippen LogP contribution >= 0.6 is 0 Å². The summed E-state index contributed by atoms with van der Waals surface area (Å²) >= 11 is 0. The van der Waals surface area contributed by atoms with Gasteiger partial charge in [-0.3, -0.25) is 4.79 Å². The highest BCUT2D eigenvalue weighted by Gasteiger charge is 2.34. The molecule has 0 bridgehead atoms. The lowest BCUT2D eigenvalue weighted by atomic mass is 9.82. The third kappa shape index (κ3) is 3.35. The third-order valence-electron chi connectivity index (χ3n) is 3.65. The average Bonchev–Trinajstić information content (AvgIpc) is 2.47. The number of allylic oxidation sites excluding steroid dienone is 1. The average molecular weight is 305 g/mol. The molecule has 4 nitrogen and oxygen atoms in total. The van der Waals surface area contributed by atoms with Gasteiger partial charge in [0.25, 0.3) is 0 Å². The van der Waals surface area contributed by atoms with Gasteiger partial charge >= 0.3 is 5.97 Å². The molecule has 0 radical (unpaired) electrons. The van der Waals surface area contributed by atoms with E-state index in [-0.39, 0.29) is 30.7 Å². The van der Waals surface area contributed by atoms with Crippen molar-refractivity contribution in [2.24, 2.45) is 5.92 Å². The van der Waals surface area contributed by atoms with E-state index < -0.39 is 11.9 Å². The lowest BCUT2D eigenvalue weighted by Gasteiger charge is -2.29. The lowest BCUT2D eigenvalue weighted by molar-refractivity contribution is -0.139. The Labute approximate surface area is 129 Å². The minimum Gasteiger partial charge on any atom is -0.463 e. The van der Waals surface area contributed by atoms with Gasteiger partial charge in [0.1, 0.15) is 5.82 Å². The van der Waals surface area contributed by atoms with Crippen molar-refractivity contribution < 1.29 is 18.7 Å². The molecular weight excluding hydrogens is 285 g/mol. The fourth-order valence-electron chi connectivity index (χ4n) is 2.64. The van der Waals surface area contributed by atoms with E-state index in [1.165, 1.54) is 12.1 Å². The zero-order valence-electron chi connectivity index (χ0n) is 13.0. The Hall–Kier alpha value is -2.17. The van der Waals surface area contributed by atoms with Crippen LogP contribution in [0.25, 0.3) is 0 Å². The van der Waals surface area contributed by atoms with E-state index >= 15 is 0 Å². The molecule has 22 heavy (non-hydrogen) atoms. The normalized spacial score (nSPS) is 18.4. The maximum atomic E-state index is 13.1.